The first-order chi connectivity index (χ1) is 11.6. The molecule has 1 aliphatic heterocycles. The van der Waals surface area contributed by atoms with Crippen LogP contribution in [0.25, 0.3) is 0 Å². The van der Waals surface area contributed by atoms with Crippen molar-refractivity contribution < 1.29 is 19.1 Å². The second-order valence-corrected chi connectivity index (χ2v) is 6.48. The van der Waals surface area contributed by atoms with Gasteiger partial charge in [0.1, 0.15) is 6.04 Å². The maximum absolute atomic E-state index is 12.1. The molecule has 0 bridgehead atoms. The molecular formula is C17H18N2O4S. The Hall–Kier alpha value is -2.54. The van der Waals surface area contributed by atoms with Crippen LogP contribution >= 0.6 is 11.3 Å². The molecule has 0 radical (unpaired) electrons. The van der Waals surface area contributed by atoms with Gasteiger partial charge in [0.2, 0.25) is 18.6 Å². The molecule has 0 unspecified atom stereocenters. The number of rotatable bonds is 6. The molecule has 1 aliphatic rings. The summed E-state index contributed by atoms with van der Waals surface area (Å²) in [6, 6.07) is 8.72. The Balaban J connectivity index is 1.46. The van der Waals surface area contributed by atoms with Crippen LogP contribution in [0, 0.1) is 0 Å². The van der Waals surface area contributed by atoms with E-state index in [0.29, 0.717) is 18.0 Å². The smallest absolute Gasteiger partial charge is 0.242 e. The van der Waals surface area contributed by atoms with Crippen LogP contribution < -0.4 is 20.1 Å². The molecule has 1 atom stereocenters. The van der Waals surface area contributed by atoms with Gasteiger partial charge in [-0.2, -0.15) is 0 Å². The highest BCUT2D eigenvalue weighted by Gasteiger charge is 2.17. The second-order valence-electron chi connectivity index (χ2n) is 5.45. The summed E-state index contributed by atoms with van der Waals surface area (Å²) < 4.78 is 10.6. The minimum Gasteiger partial charge on any atom is -0.454 e. The first kappa shape index (κ1) is 16.3. The fraction of sp³-hybridized carbons (Fsp3) is 0.294. The molecule has 0 spiro atoms. The van der Waals surface area contributed by atoms with Crippen LogP contribution in [0.4, 0.5) is 0 Å². The van der Waals surface area contributed by atoms with Crippen molar-refractivity contribution in [2.24, 2.45) is 0 Å². The minimum absolute atomic E-state index is 0.164. The summed E-state index contributed by atoms with van der Waals surface area (Å²) in [5.41, 5.74) is 0.907. The van der Waals surface area contributed by atoms with Crippen LogP contribution in [0.5, 0.6) is 11.5 Å². The first-order valence-corrected chi connectivity index (χ1v) is 8.48. The SMILES string of the molecule is C[C@H](NC(=O)Cc1cccs1)C(=O)NCc1ccc2c(c1)OCO2. The lowest BCUT2D eigenvalue weighted by molar-refractivity contribution is -0.128. The fourth-order valence-corrected chi connectivity index (χ4v) is 3.03. The lowest BCUT2D eigenvalue weighted by Crippen LogP contribution is -2.45. The molecule has 2 amide bonds. The van der Waals surface area contributed by atoms with Crippen LogP contribution in [0.1, 0.15) is 17.4 Å². The van der Waals surface area contributed by atoms with Gasteiger partial charge in [0.25, 0.3) is 0 Å². The zero-order chi connectivity index (χ0) is 16.9. The number of fused-ring (bicyclic) bond motifs is 1. The standard InChI is InChI=1S/C17H18N2O4S/c1-11(19-16(20)8-13-3-2-6-24-13)17(21)18-9-12-4-5-14-15(7-12)23-10-22-14/h2-7,11H,8-10H2,1H3,(H,18,21)(H,19,20)/t11-/m0/s1. The van der Waals surface area contributed by atoms with Crippen molar-refractivity contribution in [1.29, 1.82) is 0 Å². The van der Waals surface area contributed by atoms with Gasteiger partial charge in [-0.15, -0.1) is 11.3 Å². The molecule has 2 N–H and O–H groups in total. The number of carbonyl (C=O) groups is 2. The predicted octanol–water partition coefficient (Wildman–Crippen LogP) is 1.84. The van der Waals surface area contributed by atoms with Crippen molar-refractivity contribution in [1.82, 2.24) is 10.6 Å². The van der Waals surface area contributed by atoms with Crippen molar-refractivity contribution in [3.8, 4) is 11.5 Å². The van der Waals surface area contributed by atoms with Crippen molar-refractivity contribution in [3.63, 3.8) is 0 Å². The van der Waals surface area contributed by atoms with E-state index in [-0.39, 0.29) is 25.0 Å². The number of carbonyl (C=O) groups excluding carboxylic acids is 2. The average molecular weight is 346 g/mol. The largest absolute Gasteiger partial charge is 0.454 e. The lowest BCUT2D eigenvalue weighted by Gasteiger charge is -2.14. The summed E-state index contributed by atoms with van der Waals surface area (Å²) in [6.07, 6.45) is 0.289. The number of hydrogen-bond donors (Lipinski definition) is 2. The van der Waals surface area contributed by atoms with Crippen LogP contribution in [0.15, 0.2) is 35.7 Å². The van der Waals surface area contributed by atoms with Gasteiger partial charge in [0.15, 0.2) is 11.5 Å². The number of benzene rings is 1. The highest BCUT2D eigenvalue weighted by Crippen LogP contribution is 2.32. The monoisotopic (exact) mass is 346 g/mol. The molecule has 0 saturated carbocycles. The quantitative estimate of drug-likeness (QED) is 0.837. The molecule has 2 heterocycles. The van der Waals surface area contributed by atoms with Gasteiger partial charge in [0, 0.05) is 11.4 Å². The normalized spacial score (nSPS) is 13.4. The number of ether oxygens (including phenoxy) is 2. The number of nitrogens with one attached hydrogen (secondary N) is 2. The summed E-state index contributed by atoms with van der Waals surface area (Å²) in [5.74, 6) is 0.994. The van der Waals surface area contributed by atoms with Crippen LogP contribution in [0.3, 0.4) is 0 Å². The van der Waals surface area contributed by atoms with E-state index in [9.17, 15) is 9.59 Å². The average Bonchev–Trinajstić information content (AvgIpc) is 3.23. The molecule has 0 aliphatic carbocycles. The molecular weight excluding hydrogens is 328 g/mol. The zero-order valence-corrected chi connectivity index (χ0v) is 14.0. The summed E-state index contributed by atoms with van der Waals surface area (Å²) in [4.78, 5) is 25.0. The Morgan fingerprint density at radius 2 is 2.08 bits per heavy atom. The Morgan fingerprint density at radius 3 is 2.88 bits per heavy atom. The molecule has 7 heteroatoms. The van der Waals surface area contributed by atoms with E-state index >= 15 is 0 Å². The number of hydrogen-bond acceptors (Lipinski definition) is 5. The van der Waals surface area contributed by atoms with E-state index < -0.39 is 6.04 Å². The Bertz CT molecular complexity index is 730. The van der Waals surface area contributed by atoms with E-state index in [4.69, 9.17) is 9.47 Å². The third-order valence-corrected chi connectivity index (χ3v) is 4.47. The Morgan fingerprint density at radius 1 is 1.25 bits per heavy atom. The summed E-state index contributed by atoms with van der Waals surface area (Å²) >= 11 is 1.52. The van der Waals surface area contributed by atoms with E-state index in [0.717, 1.165) is 10.4 Å². The maximum atomic E-state index is 12.1. The molecule has 0 saturated heterocycles. The highest BCUT2D eigenvalue weighted by molar-refractivity contribution is 7.10. The fourth-order valence-electron chi connectivity index (χ4n) is 2.32. The van der Waals surface area contributed by atoms with Crippen molar-refractivity contribution in [3.05, 3.63) is 46.2 Å². The van der Waals surface area contributed by atoms with Gasteiger partial charge in [-0.05, 0) is 36.1 Å². The third kappa shape index (κ3) is 4.05. The van der Waals surface area contributed by atoms with E-state index in [2.05, 4.69) is 10.6 Å². The molecule has 3 rings (SSSR count). The first-order valence-electron chi connectivity index (χ1n) is 7.60. The van der Waals surface area contributed by atoms with Gasteiger partial charge < -0.3 is 20.1 Å². The number of amides is 2. The molecule has 0 fully saturated rings. The van der Waals surface area contributed by atoms with E-state index in [1.807, 2.05) is 35.7 Å². The number of thiophene rings is 1. The molecule has 6 nitrogen and oxygen atoms in total. The maximum Gasteiger partial charge on any atom is 0.242 e. The van der Waals surface area contributed by atoms with Crippen molar-refractivity contribution in [2.45, 2.75) is 25.9 Å². The summed E-state index contributed by atoms with van der Waals surface area (Å²) in [7, 11) is 0. The van der Waals surface area contributed by atoms with Gasteiger partial charge in [0.05, 0.1) is 6.42 Å². The van der Waals surface area contributed by atoms with Gasteiger partial charge >= 0.3 is 0 Å². The Kier molecular flexibility index (Phi) is 5.00. The summed E-state index contributed by atoms with van der Waals surface area (Å²) in [5, 5.41) is 7.43. The van der Waals surface area contributed by atoms with Crippen molar-refractivity contribution >= 4 is 23.2 Å². The molecule has 24 heavy (non-hydrogen) atoms. The van der Waals surface area contributed by atoms with Gasteiger partial charge in [-0.1, -0.05) is 12.1 Å². The van der Waals surface area contributed by atoms with Gasteiger partial charge in [-0.3, -0.25) is 9.59 Å². The highest BCUT2D eigenvalue weighted by atomic mass is 32.1. The topological polar surface area (TPSA) is 76.7 Å². The molecule has 1 aromatic heterocycles. The predicted molar refractivity (Wildman–Crippen MR) is 90.0 cm³/mol. The summed E-state index contributed by atoms with van der Waals surface area (Å²) in [6.45, 7) is 2.25. The van der Waals surface area contributed by atoms with E-state index in [1.165, 1.54) is 11.3 Å². The third-order valence-electron chi connectivity index (χ3n) is 3.59. The second kappa shape index (κ2) is 7.35. The zero-order valence-electron chi connectivity index (χ0n) is 13.2. The molecule has 126 valence electrons. The molecule has 1 aromatic carbocycles. The van der Waals surface area contributed by atoms with E-state index in [1.54, 1.807) is 6.92 Å². The van der Waals surface area contributed by atoms with Crippen molar-refractivity contribution in [2.75, 3.05) is 6.79 Å². The van der Waals surface area contributed by atoms with Crippen LogP contribution in [-0.4, -0.2) is 24.6 Å². The minimum atomic E-state index is -0.591. The Labute approximate surface area is 143 Å². The van der Waals surface area contributed by atoms with Crippen LogP contribution in [-0.2, 0) is 22.6 Å². The lowest BCUT2D eigenvalue weighted by atomic mass is 10.2. The van der Waals surface area contributed by atoms with Crippen LogP contribution in [0.2, 0.25) is 0 Å². The van der Waals surface area contributed by atoms with Gasteiger partial charge in [-0.25, -0.2) is 0 Å². The molecule has 2 aromatic rings.